The molecule has 0 fully saturated rings. The van der Waals surface area contributed by atoms with Gasteiger partial charge in [0.1, 0.15) is 10.1 Å². The molecule has 0 unspecified atom stereocenters. The molecular weight excluding hydrogens is 388 g/mol. The van der Waals surface area contributed by atoms with Gasteiger partial charge >= 0.3 is 33.1 Å². The molecule has 62 valence electrons. The summed E-state index contributed by atoms with van der Waals surface area (Å²) in [6.07, 6.45) is 0. The van der Waals surface area contributed by atoms with Gasteiger partial charge in [0.25, 0.3) is 0 Å². The first-order valence-electron chi connectivity index (χ1n) is 2.88. The summed E-state index contributed by atoms with van der Waals surface area (Å²) in [5.41, 5.74) is 0. The predicted molar refractivity (Wildman–Crippen MR) is 40.3 cm³/mol. The molecule has 1 aromatic carbocycles. The molecule has 0 bridgehead atoms. The normalized spacial score (nSPS) is 10.0. The van der Waals surface area contributed by atoms with Gasteiger partial charge in [0, 0.05) is 0 Å². The third-order valence-electron chi connectivity index (χ3n) is 1.03. The minimum absolute atomic E-state index is 0.185. The Morgan fingerprint density at radius 1 is 1.17 bits per heavy atom. The monoisotopic (exact) mass is 394 g/mol. The van der Waals surface area contributed by atoms with Crippen LogP contribution in [0.25, 0.3) is 0 Å². The van der Waals surface area contributed by atoms with Crippen molar-refractivity contribution in [1.29, 1.82) is 0 Å². The molecule has 0 aliphatic carbocycles. The van der Waals surface area contributed by atoms with Crippen LogP contribution in [0.15, 0.2) is 35.2 Å². The fraction of sp³-hybridized carbons (Fsp3) is 0. The van der Waals surface area contributed by atoms with Crippen molar-refractivity contribution in [2.75, 3.05) is 0 Å². The molecule has 0 radical (unpaired) electrons. The van der Waals surface area contributed by atoms with Gasteiger partial charge < -0.3 is 4.55 Å². The van der Waals surface area contributed by atoms with E-state index < -0.39 is 10.1 Å². The van der Waals surface area contributed by atoms with E-state index >= 15 is 0 Å². The standard InChI is InChI=1S/C6H6O3S.ClH.Hg/c7-10(8,9)6-4-2-1-3-5-6;;/h1-5H,(H,7,8,9);1H;/q;;+2/p-2. The van der Waals surface area contributed by atoms with E-state index in [1.807, 2.05) is 0 Å². The summed E-state index contributed by atoms with van der Waals surface area (Å²) in [4.78, 5) is -0.185. The Kier molecular flexibility index (Phi) is 6.08. The van der Waals surface area contributed by atoms with Crippen LogP contribution in [0.2, 0.25) is 0 Å². The van der Waals surface area contributed by atoms with Crippen LogP contribution in [0.3, 0.4) is 0 Å². The molecule has 0 aromatic heterocycles. The van der Waals surface area contributed by atoms with E-state index in [-0.39, 0.29) is 4.90 Å². The molecule has 0 atom stereocenters. The fourth-order valence-electron chi connectivity index (χ4n) is 0.587. The maximum absolute atomic E-state index is 10.3. The molecule has 0 heterocycles. The summed E-state index contributed by atoms with van der Waals surface area (Å²) in [7, 11) is 0.581. The van der Waals surface area contributed by atoms with Crippen LogP contribution in [0, 0.1) is 0 Å². The van der Waals surface area contributed by atoms with E-state index in [0.29, 0.717) is 24.9 Å². The number of hydrogen-bond acceptors (Lipinski definition) is 3. The quantitative estimate of drug-likeness (QED) is 0.534. The van der Waals surface area contributed by atoms with Crippen molar-refractivity contribution < 1.29 is 37.9 Å². The van der Waals surface area contributed by atoms with Crippen molar-refractivity contribution in [2.24, 2.45) is 0 Å². The fourth-order valence-corrected chi connectivity index (χ4v) is 1.08. The molecule has 0 aliphatic rings. The van der Waals surface area contributed by atoms with Gasteiger partial charge in [0.2, 0.25) is 0 Å². The van der Waals surface area contributed by atoms with Crippen LogP contribution >= 0.6 is 8.25 Å². The van der Waals surface area contributed by atoms with Crippen LogP contribution in [-0.4, -0.2) is 13.0 Å². The van der Waals surface area contributed by atoms with E-state index in [9.17, 15) is 13.0 Å². The first-order valence-corrected chi connectivity index (χ1v) is 11.1. The van der Waals surface area contributed by atoms with Crippen molar-refractivity contribution in [3.8, 4) is 0 Å². The topological polar surface area (TPSA) is 57.2 Å². The molecule has 0 N–H and O–H groups in total. The maximum atomic E-state index is 10.3. The second-order valence-corrected chi connectivity index (χ2v) is 3.15. The van der Waals surface area contributed by atoms with Crippen LogP contribution in [0.1, 0.15) is 0 Å². The first-order chi connectivity index (χ1) is 5.61. The molecule has 0 aliphatic heterocycles. The average molecular weight is 393 g/mol. The van der Waals surface area contributed by atoms with Crippen molar-refractivity contribution >= 4 is 18.4 Å². The molecule has 3 nitrogen and oxygen atoms in total. The molecule has 0 spiro atoms. The van der Waals surface area contributed by atoms with E-state index in [4.69, 9.17) is 8.25 Å². The Balaban J connectivity index is 0.000000561. The molecule has 0 saturated carbocycles. The zero-order valence-corrected chi connectivity index (χ0v) is 13.2. The van der Waals surface area contributed by atoms with Crippen molar-refractivity contribution in [3.05, 3.63) is 30.3 Å². The number of benzene rings is 1. The van der Waals surface area contributed by atoms with Gasteiger partial charge in [-0.2, -0.15) is 0 Å². The second kappa shape index (κ2) is 5.91. The third kappa shape index (κ3) is 4.40. The molecule has 6 heteroatoms. The van der Waals surface area contributed by atoms with Gasteiger partial charge in [0.15, 0.2) is 0 Å². The summed E-state index contributed by atoms with van der Waals surface area (Å²) in [5.74, 6) is 0. The second-order valence-electron chi connectivity index (χ2n) is 1.77. The first kappa shape index (κ1) is 12.4. The van der Waals surface area contributed by atoms with Gasteiger partial charge in [-0.05, 0) is 12.1 Å². The predicted octanol–water partition coefficient (Wildman–Crippen LogP) is 1.28. The molecule has 0 amide bonds. The van der Waals surface area contributed by atoms with Crippen molar-refractivity contribution in [3.63, 3.8) is 0 Å². The molecule has 0 saturated heterocycles. The molecule has 1 aromatic rings. The van der Waals surface area contributed by atoms with Gasteiger partial charge in [-0.25, -0.2) is 8.42 Å². The summed E-state index contributed by atoms with van der Waals surface area (Å²) >= 11 is 0.500. The Bertz CT molecular complexity index is 311. The van der Waals surface area contributed by atoms with Crippen LogP contribution in [0.5, 0.6) is 0 Å². The zero-order valence-electron chi connectivity index (χ0n) is 6.10. The van der Waals surface area contributed by atoms with Crippen LogP contribution in [0.4, 0.5) is 0 Å². The molecular formula is C6H5ClHgO3S. The van der Waals surface area contributed by atoms with E-state index in [2.05, 4.69) is 0 Å². The summed E-state index contributed by atoms with van der Waals surface area (Å²) < 4.78 is 30.8. The summed E-state index contributed by atoms with van der Waals surface area (Å²) in [6, 6.07) is 7.19. The number of rotatable bonds is 1. The minimum atomic E-state index is -4.25. The van der Waals surface area contributed by atoms with Gasteiger partial charge in [-0.1, -0.05) is 18.2 Å². The summed E-state index contributed by atoms with van der Waals surface area (Å²) in [6.45, 7) is 0. The van der Waals surface area contributed by atoms with Crippen LogP contribution in [-0.2, 0) is 35.0 Å². The van der Waals surface area contributed by atoms with Crippen molar-refractivity contribution in [1.82, 2.24) is 0 Å². The number of hydrogen-bond donors (Lipinski definition) is 0. The Morgan fingerprint density at radius 2 is 1.58 bits per heavy atom. The van der Waals surface area contributed by atoms with Gasteiger partial charge in [-0.3, -0.25) is 0 Å². The molecule has 1 rings (SSSR count). The Labute approximate surface area is 90.9 Å². The van der Waals surface area contributed by atoms with E-state index in [0.717, 1.165) is 0 Å². The van der Waals surface area contributed by atoms with E-state index in [1.165, 1.54) is 24.3 Å². The molecule has 12 heavy (non-hydrogen) atoms. The Morgan fingerprint density at radius 3 is 1.83 bits per heavy atom. The summed E-state index contributed by atoms with van der Waals surface area (Å²) in [5, 5.41) is 0. The zero-order chi connectivity index (χ0) is 9.61. The average Bonchev–Trinajstić information content (AvgIpc) is 2.08. The van der Waals surface area contributed by atoms with E-state index in [1.54, 1.807) is 6.07 Å². The SMILES string of the molecule is O=S(=O)([O-])c1ccccc1.[Cl][Hg+]. The van der Waals surface area contributed by atoms with Crippen LogP contribution < -0.4 is 0 Å². The Hall–Kier alpha value is 0.355. The van der Waals surface area contributed by atoms with Gasteiger partial charge in [0.05, 0.1) is 4.90 Å². The van der Waals surface area contributed by atoms with Crippen molar-refractivity contribution in [2.45, 2.75) is 4.90 Å². The number of halogens is 1. The third-order valence-corrected chi connectivity index (χ3v) is 1.88. The van der Waals surface area contributed by atoms with Gasteiger partial charge in [-0.15, -0.1) is 0 Å².